The summed E-state index contributed by atoms with van der Waals surface area (Å²) in [6.07, 6.45) is 9.90. The van der Waals surface area contributed by atoms with Crippen LogP contribution in [-0.4, -0.2) is 24.2 Å². The fourth-order valence-corrected chi connectivity index (χ4v) is 5.67. The molecule has 0 saturated heterocycles. The molecular formula is C17H27NO2. The minimum atomic E-state index is 0.246. The van der Waals surface area contributed by atoms with E-state index in [2.05, 4.69) is 5.32 Å². The molecule has 0 radical (unpaired) electrons. The number of rotatable bonds is 5. The second kappa shape index (κ2) is 4.72. The highest BCUT2D eigenvalue weighted by Crippen LogP contribution is 2.56. The number of amides is 1. The summed E-state index contributed by atoms with van der Waals surface area (Å²) < 4.78 is 0. The van der Waals surface area contributed by atoms with Crippen LogP contribution in [0.5, 0.6) is 0 Å². The van der Waals surface area contributed by atoms with Gasteiger partial charge in [-0.3, -0.25) is 4.79 Å². The van der Waals surface area contributed by atoms with Crippen LogP contribution in [0.25, 0.3) is 0 Å². The van der Waals surface area contributed by atoms with Crippen molar-refractivity contribution in [3.8, 4) is 0 Å². The van der Waals surface area contributed by atoms with Crippen LogP contribution in [0.2, 0.25) is 0 Å². The number of hydrogen-bond donors (Lipinski definition) is 2. The predicted octanol–water partition coefficient (Wildman–Crippen LogP) is 2.34. The molecule has 112 valence electrons. The van der Waals surface area contributed by atoms with Gasteiger partial charge >= 0.3 is 0 Å². The SMILES string of the molecule is O=C(NCC1(CCO)CC1)C1C2CC3CC(C2)CC1C3. The van der Waals surface area contributed by atoms with E-state index in [1.54, 1.807) is 0 Å². The molecule has 2 N–H and O–H groups in total. The third-order valence-corrected chi connectivity index (χ3v) is 6.77. The largest absolute Gasteiger partial charge is 0.396 e. The first-order chi connectivity index (χ1) is 9.69. The van der Waals surface area contributed by atoms with Crippen LogP contribution in [-0.2, 0) is 4.79 Å². The van der Waals surface area contributed by atoms with Gasteiger partial charge in [-0.25, -0.2) is 0 Å². The van der Waals surface area contributed by atoms with E-state index in [0.717, 1.165) is 24.8 Å². The van der Waals surface area contributed by atoms with E-state index in [9.17, 15) is 4.79 Å². The second-order valence-electron chi connectivity index (χ2n) is 8.15. The number of carbonyl (C=O) groups is 1. The lowest BCUT2D eigenvalue weighted by Crippen LogP contribution is -2.51. The van der Waals surface area contributed by atoms with Crippen LogP contribution in [0.1, 0.15) is 51.4 Å². The first kappa shape index (κ1) is 13.1. The molecule has 0 aromatic carbocycles. The third-order valence-electron chi connectivity index (χ3n) is 6.77. The van der Waals surface area contributed by atoms with Crippen molar-refractivity contribution in [2.75, 3.05) is 13.2 Å². The van der Waals surface area contributed by atoms with Gasteiger partial charge in [-0.15, -0.1) is 0 Å². The summed E-state index contributed by atoms with van der Waals surface area (Å²) in [6.45, 7) is 1.06. The van der Waals surface area contributed by atoms with Crippen molar-refractivity contribution in [3.05, 3.63) is 0 Å². The number of hydrogen-bond acceptors (Lipinski definition) is 2. The molecule has 4 bridgehead atoms. The van der Waals surface area contributed by atoms with E-state index in [1.165, 1.54) is 44.9 Å². The summed E-state index contributed by atoms with van der Waals surface area (Å²) in [5.41, 5.74) is 0.246. The minimum Gasteiger partial charge on any atom is -0.396 e. The minimum absolute atomic E-state index is 0.246. The summed E-state index contributed by atoms with van der Waals surface area (Å²) in [5, 5.41) is 12.4. The van der Waals surface area contributed by atoms with Crippen LogP contribution in [0, 0.1) is 35.0 Å². The zero-order valence-corrected chi connectivity index (χ0v) is 12.3. The van der Waals surface area contributed by atoms with Crippen molar-refractivity contribution in [1.82, 2.24) is 5.32 Å². The molecule has 3 nitrogen and oxygen atoms in total. The van der Waals surface area contributed by atoms with Crippen molar-refractivity contribution in [2.45, 2.75) is 51.4 Å². The lowest BCUT2D eigenvalue weighted by Gasteiger charge is -2.53. The van der Waals surface area contributed by atoms with E-state index in [1.807, 2.05) is 0 Å². The fourth-order valence-electron chi connectivity index (χ4n) is 5.67. The van der Waals surface area contributed by atoms with Crippen molar-refractivity contribution >= 4 is 5.91 Å². The van der Waals surface area contributed by atoms with Gasteiger partial charge in [0.15, 0.2) is 0 Å². The Hall–Kier alpha value is -0.570. The van der Waals surface area contributed by atoms with Crippen LogP contribution < -0.4 is 5.32 Å². The highest BCUT2D eigenvalue weighted by molar-refractivity contribution is 5.79. The molecule has 5 rings (SSSR count). The summed E-state index contributed by atoms with van der Waals surface area (Å²) in [4.78, 5) is 12.6. The van der Waals surface area contributed by atoms with Gasteiger partial charge in [0, 0.05) is 19.1 Å². The highest BCUT2D eigenvalue weighted by atomic mass is 16.3. The summed E-state index contributed by atoms with van der Waals surface area (Å²) in [5.74, 6) is 3.88. The highest BCUT2D eigenvalue weighted by Gasteiger charge is 2.51. The summed E-state index contributed by atoms with van der Waals surface area (Å²) >= 11 is 0. The molecule has 0 spiro atoms. The molecule has 0 aliphatic heterocycles. The van der Waals surface area contributed by atoms with Crippen LogP contribution in [0.4, 0.5) is 0 Å². The van der Waals surface area contributed by atoms with Crippen molar-refractivity contribution in [1.29, 1.82) is 0 Å². The Morgan fingerprint density at radius 3 is 2.15 bits per heavy atom. The molecule has 0 aromatic rings. The van der Waals surface area contributed by atoms with Crippen LogP contribution >= 0.6 is 0 Å². The summed E-state index contributed by atoms with van der Waals surface area (Å²) in [7, 11) is 0. The normalized spacial score (nSPS) is 43.5. The Balaban J connectivity index is 1.37. The zero-order chi connectivity index (χ0) is 13.7. The quantitative estimate of drug-likeness (QED) is 0.810. The zero-order valence-electron chi connectivity index (χ0n) is 12.3. The van der Waals surface area contributed by atoms with Gasteiger partial charge < -0.3 is 10.4 Å². The maximum Gasteiger partial charge on any atom is 0.223 e. The molecule has 3 heteroatoms. The van der Waals surface area contributed by atoms with Crippen molar-refractivity contribution in [2.24, 2.45) is 35.0 Å². The van der Waals surface area contributed by atoms with Gasteiger partial charge in [0.25, 0.3) is 0 Å². The van der Waals surface area contributed by atoms with Crippen LogP contribution in [0.3, 0.4) is 0 Å². The lowest BCUT2D eigenvalue weighted by atomic mass is 9.51. The molecule has 0 unspecified atom stereocenters. The van der Waals surface area contributed by atoms with E-state index in [-0.39, 0.29) is 12.0 Å². The van der Waals surface area contributed by atoms with Crippen molar-refractivity contribution < 1.29 is 9.90 Å². The van der Waals surface area contributed by atoms with Gasteiger partial charge in [-0.05, 0) is 80.5 Å². The maximum atomic E-state index is 12.6. The lowest BCUT2D eigenvalue weighted by molar-refractivity contribution is -0.138. The topological polar surface area (TPSA) is 49.3 Å². The van der Waals surface area contributed by atoms with Gasteiger partial charge in [0.2, 0.25) is 5.91 Å². The molecule has 20 heavy (non-hydrogen) atoms. The smallest absolute Gasteiger partial charge is 0.223 e. The number of aliphatic hydroxyl groups excluding tert-OH is 1. The average molecular weight is 277 g/mol. The maximum absolute atomic E-state index is 12.6. The summed E-state index contributed by atoms with van der Waals surface area (Å²) in [6, 6.07) is 0. The average Bonchev–Trinajstić information content (AvgIpc) is 3.16. The first-order valence-electron chi connectivity index (χ1n) is 8.58. The van der Waals surface area contributed by atoms with Crippen molar-refractivity contribution in [3.63, 3.8) is 0 Å². The molecule has 1 amide bonds. The molecule has 5 fully saturated rings. The molecule has 5 aliphatic carbocycles. The number of nitrogens with one attached hydrogen (secondary N) is 1. The van der Waals surface area contributed by atoms with Gasteiger partial charge in [-0.2, -0.15) is 0 Å². The Kier molecular flexibility index (Phi) is 3.10. The third kappa shape index (κ3) is 2.18. The first-order valence-corrected chi connectivity index (χ1v) is 8.58. The van der Waals surface area contributed by atoms with E-state index in [0.29, 0.717) is 23.7 Å². The standard InChI is InChI=1S/C17H27NO2/c19-4-3-17(1-2-17)10-18-16(20)15-13-6-11-5-12(8-13)9-14(15)7-11/h11-15,19H,1-10H2,(H,18,20). The monoisotopic (exact) mass is 277 g/mol. The fraction of sp³-hybridized carbons (Fsp3) is 0.941. The molecule has 5 saturated carbocycles. The molecule has 0 atom stereocenters. The number of carbonyl (C=O) groups excluding carboxylic acids is 1. The van der Waals surface area contributed by atoms with Gasteiger partial charge in [0.1, 0.15) is 0 Å². The van der Waals surface area contributed by atoms with Gasteiger partial charge in [-0.1, -0.05) is 0 Å². The Morgan fingerprint density at radius 1 is 1.05 bits per heavy atom. The molecule has 5 aliphatic rings. The van der Waals surface area contributed by atoms with E-state index >= 15 is 0 Å². The van der Waals surface area contributed by atoms with E-state index in [4.69, 9.17) is 5.11 Å². The van der Waals surface area contributed by atoms with E-state index < -0.39 is 0 Å². The molecule has 0 aromatic heterocycles. The Morgan fingerprint density at radius 2 is 1.65 bits per heavy atom. The number of aliphatic hydroxyl groups is 1. The molecular weight excluding hydrogens is 250 g/mol. The Labute approximate surface area is 121 Å². The predicted molar refractivity (Wildman–Crippen MR) is 76.9 cm³/mol. The second-order valence-corrected chi connectivity index (χ2v) is 8.15. The van der Waals surface area contributed by atoms with Gasteiger partial charge in [0.05, 0.1) is 0 Å². The van der Waals surface area contributed by atoms with Crippen LogP contribution in [0.15, 0.2) is 0 Å². The Bertz CT molecular complexity index is 374. The molecule has 0 heterocycles.